The highest BCUT2D eigenvalue weighted by atomic mass is 16.4. The Morgan fingerprint density at radius 2 is 2.31 bits per heavy atom. The molecule has 8 heteroatoms. The smallest absolute Gasteiger partial charge is 0.328 e. The van der Waals surface area contributed by atoms with E-state index in [1.165, 1.54) is 11.6 Å². The first-order valence-electron chi connectivity index (χ1n) is 4.58. The average molecular weight is 222 g/mol. The minimum Gasteiger partial charge on any atom is -0.480 e. The number of aromatic nitrogens is 6. The number of nitrogens with zero attached hydrogens (tertiary/aromatic N) is 6. The summed E-state index contributed by atoms with van der Waals surface area (Å²) >= 11 is 0. The Kier molecular flexibility index (Phi) is 2.39. The molecule has 0 radical (unpaired) electrons. The second kappa shape index (κ2) is 3.72. The Morgan fingerprint density at radius 3 is 2.88 bits per heavy atom. The first-order chi connectivity index (χ1) is 7.59. The van der Waals surface area contributed by atoms with Gasteiger partial charge in [0.1, 0.15) is 5.69 Å². The molecule has 0 bridgehead atoms. The van der Waals surface area contributed by atoms with Gasteiger partial charge in [-0.05, 0) is 17.4 Å². The van der Waals surface area contributed by atoms with Crippen molar-refractivity contribution in [2.24, 2.45) is 7.05 Å². The molecular weight excluding hydrogens is 212 g/mol. The van der Waals surface area contributed by atoms with Gasteiger partial charge < -0.3 is 9.67 Å². The van der Waals surface area contributed by atoms with Crippen molar-refractivity contribution in [3.8, 4) is 11.5 Å². The van der Waals surface area contributed by atoms with Crippen LogP contribution in [-0.4, -0.2) is 40.8 Å². The maximum atomic E-state index is 10.8. The van der Waals surface area contributed by atoms with Crippen molar-refractivity contribution >= 4 is 5.97 Å². The number of imidazole rings is 1. The van der Waals surface area contributed by atoms with Crippen LogP contribution in [0.3, 0.4) is 0 Å². The summed E-state index contributed by atoms with van der Waals surface area (Å²) in [5.74, 6) is -0.653. The van der Waals surface area contributed by atoms with Crippen molar-refractivity contribution in [3.05, 3.63) is 12.5 Å². The highest BCUT2D eigenvalue weighted by molar-refractivity contribution is 5.72. The van der Waals surface area contributed by atoms with Gasteiger partial charge in [0.25, 0.3) is 0 Å². The van der Waals surface area contributed by atoms with Crippen LogP contribution in [-0.2, 0) is 11.8 Å². The van der Waals surface area contributed by atoms with E-state index in [4.69, 9.17) is 5.11 Å². The summed E-state index contributed by atoms with van der Waals surface area (Å²) < 4.78 is 2.96. The summed E-state index contributed by atoms with van der Waals surface area (Å²) in [5, 5.41) is 19.8. The fourth-order valence-electron chi connectivity index (χ4n) is 1.26. The third-order valence-electron chi connectivity index (χ3n) is 2.15. The zero-order chi connectivity index (χ0) is 11.7. The fraction of sp³-hybridized carbons (Fsp3) is 0.375. The molecule has 2 aromatic heterocycles. The van der Waals surface area contributed by atoms with Crippen LogP contribution in [0.1, 0.15) is 13.0 Å². The second-order valence-electron chi connectivity index (χ2n) is 3.39. The molecular formula is C8H10N6O2. The summed E-state index contributed by atoms with van der Waals surface area (Å²) in [6.07, 6.45) is 3.32. The van der Waals surface area contributed by atoms with Crippen LogP contribution in [0.2, 0.25) is 0 Å². The normalized spacial score (nSPS) is 12.6. The summed E-state index contributed by atoms with van der Waals surface area (Å²) in [4.78, 5) is 14.9. The van der Waals surface area contributed by atoms with E-state index in [0.717, 1.165) is 0 Å². The molecule has 1 atom stereocenters. The largest absolute Gasteiger partial charge is 0.480 e. The van der Waals surface area contributed by atoms with Gasteiger partial charge in [-0.1, -0.05) is 0 Å². The summed E-state index contributed by atoms with van der Waals surface area (Å²) in [6.45, 7) is 1.51. The Balaban J connectivity index is 2.43. The zero-order valence-electron chi connectivity index (χ0n) is 8.77. The predicted molar refractivity (Wildman–Crippen MR) is 52.4 cm³/mol. The summed E-state index contributed by atoms with van der Waals surface area (Å²) in [7, 11) is 1.81. The Bertz CT molecular complexity index is 516. The Labute approximate surface area is 90.5 Å². The molecule has 8 nitrogen and oxygen atoms in total. The number of rotatable bonds is 3. The van der Waals surface area contributed by atoms with Gasteiger partial charge >= 0.3 is 5.97 Å². The molecule has 0 aliphatic heterocycles. The van der Waals surface area contributed by atoms with Crippen LogP contribution in [0.15, 0.2) is 12.5 Å². The minimum atomic E-state index is -0.996. The lowest BCUT2D eigenvalue weighted by Crippen LogP contribution is -2.18. The number of aliphatic carboxylic acids is 1. The molecule has 1 N–H and O–H groups in total. The molecule has 0 aliphatic carbocycles. The number of aryl methyl sites for hydroxylation is 1. The van der Waals surface area contributed by atoms with Crippen molar-refractivity contribution in [2.75, 3.05) is 0 Å². The molecule has 2 rings (SSSR count). The third-order valence-corrected chi connectivity index (χ3v) is 2.15. The first kappa shape index (κ1) is 10.3. The monoisotopic (exact) mass is 222 g/mol. The molecule has 2 heterocycles. The Hall–Kier alpha value is -2.25. The van der Waals surface area contributed by atoms with Crippen LogP contribution in [0.5, 0.6) is 0 Å². The van der Waals surface area contributed by atoms with E-state index in [9.17, 15) is 4.79 Å². The molecule has 2 aromatic rings. The van der Waals surface area contributed by atoms with E-state index >= 15 is 0 Å². The van der Waals surface area contributed by atoms with Crippen molar-refractivity contribution in [1.29, 1.82) is 0 Å². The van der Waals surface area contributed by atoms with E-state index < -0.39 is 12.0 Å². The quantitative estimate of drug-likeness (QED) is 0.766. The van der Waals surface area contributed by atoms with Crippen molar-refractivity contribution < 1.29 is 9.90 Å². The third kappa shape index (κ3) is 1.64. The standard InChI is InChI=1S/C8H10N6O2/c1-5(8(15)16)14-7(10-11-12-14)6-3-13(2)4-9-6/h3-5H,1-2H3,(H,15,16). The molecule has 1 unspecified atom stereocenters. The van der Waals surface area contributed by atoms with Gasteiger partial charge in [-0.15, -0.1) is 5.10 Å². The second-order valence-corrected chi connectivity index (χ2v) is 3.39. The summed E-state index contributed by atoms with van der Waals surface area (Å²) in [6, 6.07) is -0.827. The van der Waals surface area contributed by atoms with Crippen LogP contribution >= 0.6 is 0 Å². The average Bonchev–Trinajstić information content (AvgIpc) is 2.83. The number of carboxylic acids is 1. The van der Waals surface area contributed by atoms with Crippen LogP contribution in [0.25, 0.3) is 11.5 Å². The highest BCUT2D eigenvalue weighted by Crippen LogP contribution is 2.16. The molecule has 0 fully saturated rings. The Morgan fingerprint density at radius 1 is 1.56 bits per heavy atom. The number of hydrogen-bond acceptors (Lipinski definition) is 5. The lowest BCUT2D eigenvalue weighted by molar-refractivity contribution is -0.140. The van der Waals surface area contributed by atoms with Gasteiger partial charge in [0.2, 0.25) is 5.82 Å². The zero-order valence-corrected chi connectivity index (χ0v) is 8.77. The predicted octanol–water partition coefficient (Wildman–Crippen LogP) is -0.281. The first-order valence-corrected chi connectivity index (χ1v) is 4.58. The molecule has 0 saturated heterocycles. The van der Waals surface area contributed by atoms with E-state index in [1.54, 1.807) is 17.1 Å². The lowest BCUT2D eigenvalue weighted by Gasteiger charge is -2.06. The number of carboxylic acid groups (broad SMARTS) is 1. The molecule has 16 heavy (non-hydrogen) atoms. The van der Waals surface area contributed by atoms with Crippen molar-refractivity contribution in [2.45, 2.75) is 13.0 Å². The fourth-order valence-corrected chi connectivity index (χ4v) is 1.26. The van der Waals surface area contributed by atoms with Crippen molar-refractivity contribution in [1.82, 2.24) is 29.8 Å². The number of carbonyl (C=O) groups is 1. The SMILES string of the molecule is CC(C(=O)O)n1nnnc1-c1cn(C)cn1. The van der Waals surface area contributed by atoms with Gasteiger partial charge in [-0.3, -0.25) is 0 Å². The molecule has 0 aliphatic rings. The van der Waals surface area contributed by atoms with E-state index in [1.807, 2.05) is 7.05 Å². The molecule has 0 spiro atoms. The van der Waals surface area contributed by atoms with Gasteiger partial charge in [0, 0.05) is 13.2 Å². The van der Waals surface area contributed by atoms with Gasteiger partial charge in [-0.2, -0.15) is 0 Å². The van der Waals surface area contributed by atoms with E-state index in [-0.39, 0.29) is 0 Å². The van der Waals surface area contributed by atoms with Crippen LogP contribution in [0, 0.1) is 0 Å². The highest BCUT2D eigenvalue weighted by Gasteiger charge is 2.21. The lowest BCUT2D eigenvalue weighted by atomic mass is 10.3. The van der Waals surface area contributed by atoms with Crippen LogP contribution < -0.4 is 0 Å². The van der Waals surface area contributed by atoms with Crippen LogP contribution in [0.4, 0.5) is 0 Å². The van der Waals surface area contributed by atoms with Gasteiger partial charge in [0.15, 0.2) is 6.04 Å². The maximum Gasteiger partial charge on any atom is 0.328 e. The van der Waals surface area contributed by atoms with Gasteiger partial charge in [0.05, 0.1) is 6.33 Å². The van der Waals surface area contributed by atoms with E-state index in [2.05, 4.69) is 20.5 Å². The molecule has 0 amide bonds. The molecule has 84 valence electrons. The summed E-state index contributed by atoms with van der Waals surface area (Å²) in [5.41, 5.74) is 0.542. The molecule has 0 aromatic carbocycles. The van der Waals surface area contributed by atoms with Crippen molar-refractivity contribution in [3.63, 3.8) is 0 Å². The number of tetrazole rings is 1. The molecule has 0 saturated carbocycles. The topological polar surface area (TPSA) is 98.7 Å². The number of hydrogen-bond donors (Lipinski definition) is 1. The van der Waals surface area contributed by atoms with Gasteiger partial charge in [-0.25, -0.2) is 14.5 Å². The van der Waals surface area contributed by atoms with E-state index in [0.29, 0.717) is 11.5 Å². The maximum absolute atomic E-state index is 10.8. The minimum absolute atomic E-state index is 0.343.